The lowest BCUT2D eigenvalue weighted by molar-refractivity contribution is -0.497. The first kappa shape index (κ1) is 113. The molecule has 121 heavy (non-hydrogen) atoms. The number of hydrogen-bond donors (Lipinski definition) is 6. The number of aliphatic carboxylic acids is 1. The summed E-state index contributed by atoms with van der Waals surface area (Å²) >= 11 is 6.97. The molecule has 0 bridgehead atoms. The maximum absolute atomic E-state index is 11.6. The van der Waals surface area contributed by atoms with Crippen molar-refractivity contribution in [3.05, 3.63) is 21.8 Å². The molecule has 16 rings (SSSR count). The van der Waals surface area contributed by atoms with Gasteiger partial charge in [-0.1, -0.05) is 59.7 Å². The molecule has 1 amide bonds. The number of carbonyl (C=O) groups excluding carboxylic acids is 5. The van der Waals surface area contributed by atoms with Crippen molar-refractivity contribution in [3.63, 3.8) is 0 Å². The number of ketones is 1. The quantitative estimate of drug-likeness (QED) is 0.00684. The minimum Gasteiger partial charge on any atom is -0.481 e. The molecule has 16 aliphatic rings. The van der Waals surface area contributed by atoms with Gasteiger partial charge in [-0.2, -0.15) is 16.8 Å². The summed E-state index contributed by atoms with van der Waals surface area (Å²) in [5, 5.41) is 42.1. The number of amides is 1. The highest BCUT2D eigenvalue weighted by Gasteiger charge is 2.55. The summed E-state index contributed by atoms with van der Waals surface area (Å²) < 4.78 is 67.2. The number of nitrogens with one attached hydrogen (secondary N) is 1. The van der Waals surface area contributed by atoms with E-state index in [-0.39, 0.29) is 138 Å². The number of aliphatic hydroxyl groups excluding tert-OH is 2. The Hall–Kier alpha value is -2.48. The molecule has 1 spiro atoms. The summed E-state index contributed by atoms with van der Waals surface area (Å²) in [4.78, 5) is 77.3. The first-order valence-electron chi connectivity index (χ1n) is 44.0. The summed E-state index contributed by atoms with van der Waals surface area (Å²) in [5.41, 5.74) is 12.9. The Bertz CT molecular complexity index is 3300. The lowest BCUT2D eigenvalue weighted by Crippen LogP contribution is -2.43. The van der Waals surface area contributed by atoms with Crippen LogP contribution in [0.5, 0.6) is 0 Å². The van der Waals surface area contributed by atoms with E-state index in [0.717, 1.165) is 186 Å². The van der Waals surface area contributed by atoms with E-state index < -0.39 is 38.0 Å². The number of nitro groups is 1. The first-order chi connectivity index (χ1) is 55.4. The number of ether oxygens (including phenoxy) is 3. The highest BCUT2D eigenvalue weighted by molar-refractivity contribution is 9.09. The molecular weight excluding hydrogens is 1730 g/mol. The molecule has 1 heterocycles. The lowest BCUT2D eigenvalue weighted by atomic mass is 8.76. The maximum Gasteiger partial charge on any atom is 0.330 e. The number of Topliss-reactive ketones (excluding diaryl/α,β-unsaturated/α-hetero) is 1. The average molecular weight is 1880 g/mol. The van der Waals surface area contributed by atoms with Gasteiger partial charge in [0.1, 0.15) is 5.78 Å². The minimum absolute atomic E-state index is 0. The summed E-state index contributed by atoms with van der Waals surface area (Å²) in [7, 11) is 14.8. The Morgan fingerprint density at radius 3 is 1.12 bits per heavy atom. The summed E-state index contributed by atoms with van der Waals surface area (Å²) in [6.45, 7) is 9.56. The largest absolute Gasteiger partial charge is 0.481 e. The topological polar surface area (TPSA) is 385 Å². The van der Waals surface area contributed by atoms with Crippen molar-refractivity contribution in [2.75, 3.05) is 95.6 Å². The highest BCUT2D eigenvalue weighted by Crippen LogP contribution is 2.60. The molecule has 16 fully saturated rings. The van der Waals surface area contributed by atoms with Crippen molar-refractivity contribution in [2.24, 2.45) is 140 Å². The summed E-state index contributed by atoms with van der Waals surface area (Å²) in [5.74, 6) is 12.4. The maximum atomic E-state index is 11.6. The Morgan fingerprint density at radius 1 is 0.545 bits per heavy atom. The van der Waals surface area contributed by atoms with Crippen LogP contribution in [0.1, 0.15) is 261 Å². The van der Waals surface area contributed by atoms with E-state index in [9.17, 15) is 55.7 Å². The second-order valence-electron chi connectivity index (χ2n) is 37.8. The molecule has 22 atom stereocenters. The predicted octanol–water partition coefficient (Wildman–Crippen LogP) is 12.4. The molecule has 0 aromatic carbocycles. The number of allylic oxidation sites excluding steroid dienone is 1. The third kappa shape index (κ3) is 35.4. The van der Waals surface area contributed by atoms with Crippen molar-refractivity contribution in [2.45, 2.75) is 261 Å². The van der Waals surface area contributed by atoms with E-state index >= 15 is 0 Å². The van der Waals surface area contributed by atoms with Gasteiger partial charge in [-0.3, -0.25) is 42.5 Å². The number of aliphatic hydroxyl groups is 2. The SMILES string of the molecule is BrC[C@@H]1CC[C@@H]1CBr.C.C.C.CCOC(=O)C=C1C[C@H]2CC[C@H]2C1.CCOC(=O)CC1(CN)C[C@H]2CC[C@H]2C1.CCOC(=O)CC1(C[N+](=O)[O-])C[C@H]2CC[C@H]2C1.CS(=O)(=O)OC[C@H]1CC[C@H]1COS(C)(=O)=O.Cl.NCC1(CC(=O)O)C[C@H]2CC[C@H]2C1.O=C1CC2(CN1)C[C@H]1CC[C@H]1C2.O=C1C[C@H]2CC[C@H]2C1.OC[C@@H]1CC[C@@H]1CO.[B][B]B([B])B([B])[B]. The number of carboxylic acids is 1. The summed E-state index contributed by atoms with van der Waals surface area (Å²) in [6.07, 6.45) is 40.1. The zero-order chi connectivity index (χ0) is 86.1. The van der Waals surface area contributed by atoms with Crippen molar-refractivity contribution in [1.29, 1.82) is 0 Å². The Balaban J connectivity index is 0.000000350. The number of fused-ring (bicyclic) bond motifs is 6. The number of nitrogens with zero attached hydrogens (tertiary/aromatic N) is 1. The van der Waals surface area contributed by atoms with Crippen molar-refractivity contribution >= 4 is 151 Å². The lowest BCUT2D eigenvalue weighted by Gasteiger charge is -2.35. The van der Waals surface area contributed by atoms with Crippen LogP contribution >= 0.6 is 44.3 Å². The number of alkyl halides is 2. The first-order valence-corrected chi connectivity index (χ1v) is 49.8. The normalized spacial score (nSPS) is 34.6. The zero-order valence-corrected chi connectivity index (χ0v) is 76.7. The van der Waals surface area contributed by atoms with E-state index in [4.69, 9.17) is 71.9 Å². The van der Waals surface area contributed by atoms with Crippen LogP contribution in [-0.4, -0.2) is 219 Å². The van der Waals surface area contributed by atoms with Gasteiger partial charge in [0.05, 0.1) is 64.8 Å². The van der Waals surface area contributed by atoms with Crippen LogP contribution in [0.15, 0.2) is 11.6 Å². The molecule has 0 aromatic rings. The van der Waals surface area contributed by atoms with E-state index in [1.807, 2.05) is 13.8 Å². The average Bonchev–Trinajstić information content (AvgIpc) is 1.61. The van der Waals surface area contributed by atoms with Gasteiger partial charge in [-0.05, 0) is 336 Å². The van der Waals surface area contributed by atoms with Crippen molar-refractivity contribution < 1.29 is 88.4 Å². The molecule has 36 heteroatoms. The van der Waals surface area contributed by atoms with E-state index in [1.165, 1.54) is 126 Å². The monoisotopic (exact) mass is 1880 g/mol. The van der Waals surface area contributed by atoms with Crippen LogP contribution < -0.4 is 16.8 Å². The number of esters is 3. The number of rotatable bonds is 26. The van der Waals surface area contributed by atoms with Crippen LogP contribution in [-0.2, 0) is 71.6 Å². The van der Waals surface area contributed by atoms with Gasteiger partial charge in [0.15, 0.2) is 0 Å². The second kappa shape index (κ2) is 53.6. The van der Waals surface area contributed by atoms with Gasteiger partial charge in [-0.15, -0.1) is 12.4 Å². The van der Waals surface area contributed by atoms with Gasteiger partial charge in [0, 0.05) is 117 Å². The van der Waals surface area contributed by atoms with Gasteiger partial charge < -0.3 is 46.3 Å². The van der Waals surface area contributed by atoms with Crippen LogP contribution in [0.25, 0.3) is 0 Å². The van der Waals surface area contributed by atoms with Crippen LogP contribution in [0, 0.1) is 138 Å². The second-order valence-corrected chi connectivity index (χ2v) is 42.4. The number of nitrogens with two attached hydrogens (primary N) is 2. The van der Waals surface area contributed by atoms with Gasteiger partial charge in [0.2, 0.25) is 12.5 Å². The zero-order valence-electron chi connectivity index (χ0n) is 71.1. The highest BCUT2D eigenvalue weighted by atomic mass is 79.9. The number of hydrogen-bond acceptors (Lipinski definition) is 21. The standard InChI is InChI=1S/C12H19NO4.C12H21NO2.C11H16O2.C10H17NO2.C10H15NO.C8H16O6S2.C7H10O.C6H10Br2.C6H12O2.3CH4.B7.ClH/c1-2-17-11(14)7-12(8-13(15)16)5-9-3-4-10(9)6-12;1-2-15-11(14)7-12(8-13)5-9-3-4-10(9)6-12;1-2-13-11(12)7-8-5-9-3-4-10(9)6-8;11-6-10(5-9(12)13)3-7-1-2-8(7)4-10;12-9-5-10(6-11-9)3-7-1-2-8(7)4-10;1-15(9,10)13-5-7-3-4-8(7)6-14-16(2,11)12;8-7-3-5-1-2-6(5)4-7;2*7-3-5-1-2-6(5)4-8;;;;1-5-7(4)6(2)3;/h9-10H,2-8H2,1H3;9-10H,2-8,13H2,1H3;7,9-10H,2-6H2,1H3;7-8H,1-6,11H2,(H,12,13);7-8H,1-6H2,(H,11,12);7-8H,3-6H2,1-2H3;2*5-6H,1-4H2;5-8H,1-4H2;3*1H4;;1H/t2*9-,10+,12?;9-,10+;2*7-,8+,10?;7-,8+;3*5-,6+;;;;;. The molecule has 15 aliphatic carbocycles. The molecular formula is C85H149B7Br2ClN4O20S2. The van der Waals surface area contributed by atoms with Crippen molar-refractivity contribution in [3.8, 4) is 0 Å². The smallest absolute Gasteiger partial charge is 0.330 e. The Morgan fingerprint density at radius 2 is 0.876 bits per heavy atom. The minimum atomic E-state index is -3.42. The third-order valence-corrected chi connectivity index (χ3v) is 32.4. The molecule has 24 nitrogen and oxygen atoms in total. The van der Waals surface area contributed by atoms with Crippen molar-refractivity contribution in [1.82, 2.24) is 5.32 Å². The number of carboxylic acid groups (broad SMARTS) is 1. The molecule has 1 aliphatic heterocycles. The molecule has 0 aromatic heterocycles. The molecule has 683 valence electrons. The Kier molecular flexibility index (Phi) is 49.9. The van der Waals surface area contributed by atoms with Crippen LogP contribution in [0.2, 0.25) is 0 Å². The molecule has 9 radical (unpaired) electrons. The molecule has 8 N–H and O–H groups in total. The van der Waals surface area contributed by atoms with Gasteiger partial charge in [0.25, 0.3) is 20.2 Å². The Labute approximate surface area is 757 Å². The number of halogens is 3. The fourth-order valence-corrected chi connectivity index (χ4v) is 23.8. The third-order valence-electron chi connectivity index (χ3n) is 29.6. The summed E-state index contributed by atoms with van der Waals surface area (Å²) in [6, 6.07) is 0. The van der Waals surface area contributed by atoms with Gasteiger partial charge in [-0.25, -0.2) is 4.79 Å². The number of carbonyl (C=O) groups is 6. The fraction of sp³-hybridized carbons (Fsp3) is 0.906. The molecule has 15 saturated carbocycles. The van der Waals surface area contributed by atoms with Crippen LogP contribution in [0.3, 0.4) is 0 Å². The van der Waals surface area contributed by atoms with Crippen LogP contribution in [0.4, 0.5) is 0 Å². The fourth-order valence-electron chi connectivity index (χ4n) is 21.3. The predicted molar refractivity (Wildman–Crippen MR) is 494 cm³/mol. The van der Waals surface area contributed by atoms with E-state index in [2.05, 4.69) is 45.5 Å². The van der Waals surface area contributed by atoms with E-state index in [0.29, 0.717) is 74.2 Å². The van der Waals surface area contributed by atoms with E-state index in [1.54, 1.807) is 13.0 Å². The van der Waals surface area contributed by atoms with Gasteiger partial charge >= 0.3 is 23.9 Å². The molecule has 4 unspecified atom stereocenters. The molecule has 1 saturated heterocycles.